The van der Waals surface area contributed by atoms with Gasteiger partial charge in [-0.25, -0.2) is 0 Å². The summed E-state index contributed by atoms with van der Waals surface area (Å²) in [4.78, 5) is 5.28. The SMILES string of the molecule is Cc1ccc(N2CC(C)N(CC3CC3)C(C)C2)cc1. The van der Waals surface area contributed by atoms with Crippen molar-refractivity contribution in [1.82, 2.24) is 4.90 Å². The quantitative estimate of drug-likeness (QED) is 0.821. The van der Waals surface area contributed by atoms with Crippen LogP contribution in [0.5, 0.6) is 0 Å². The van der Waals surface area contributed by atoms with E-state index >= 15 is 0 Å². The van der Waals surface area contributed by atoms with Crippen molar-refractivity contribution in [2.24, 2.45) is 5.92 Å². The zero-order valence-corrected chi connectivity index (χ0v) is 12.5. The number of anilines is 1. The van der Waals surface area contributed by atoms with Crippen molar-refractivity contribution in [2.45, 2.75) is 45.7 Å². The summed E-state index contributed by atoms with van der Waals surface area (Å²) in [5.74, 6) is 0.996. The van der Waals surface area contributed by atoms with Crippen LogP contribution in [0.3, 0.4) is 0 Å². The summed E-state index contributed by atoms with van der Waals surface area (Å²) < 4.78 is 0. The zero-order valence-electron chi connectivity index (χ0n) is 12.5. The molecule has 1 saturated carbocycles. The van der Waals surface area contributed by atoms with Gasteiger partial charge in [-0.15, -0.1) is 0 Å². The number of hydrogen-bond acceptors (Lipinski definition) is 2. The van der Waals surface area contributed by atoms with Gasteiger partial charge in [0.25, 0.3) is 0 Å². The van der Waals surface area contributed by atoms with Crippen LogP contribution in [-0.4, -0.2) is 36.6 Å². The van der Waals surface area contributed by atoms with Crippen LogP contribution in [0.25, 0.3) is 0 Å². The first-order chi connectivity index (χ1) is 9.13. The first-order valence-electron chi connectivity index (χ1n) is 7.71. The molecule has 0 spiro atoms. The Morgan fingerprint density at radius 2 is 1.58 bits per heavy atom. The largest absolute Gasteiger partial charge is 0.368 e. The van der Waals surface area contributed by atoms with E-state index in [1.165, 1.54) is 43.7 Å². The monoisotopic (exact) mass is 258 g/mol. The second-order valence-corrected chi connectivity index (χ2v) is 6.58. The number of piperazine rings is 1. The van der Waals surface area contributed by atoms with Crippen molar-refractivity contribution in [1.29, 1.82) is 0 Å². The Morgan fingerprint density at radius 1 is 1.00 bits per heavy atom. The Labute approximate surface area is 117 Å². The van der Waals surface area contributed by atoms with Gasteiger partial charge in [-0.3, -0.25) is 4.90 Å². The summed E-state index contributed by atoms with van der Waals surface area (Å²) in [6.45, 7) is 10.6. The van der Waals surface area contributed by atoms with E-state index < -0.39 is 0 Å². The molecule has 1 aromatic rings. The Balaban J connectivity index is 1.68. The molecule has 0 aromatic heterocycles. The highest BCUT2D eigenvalue weighted by molar-refractivity contribution is 5.48. The summed E-state index contributed by atoms with van der Waals surface area (Å²) in [6, 6.07) is 10.3. The second kappa shape index (κ2) is 5.16. The molecule has 2 nitrogen and oxygen atoms in total. The smallest absolute Gasteiger partial charge is 0.0367 e. The molecule has 0 N–H and O–H groups in total. The van der Waals surface area contributed by atoms with E-state index in [9.17, 15) is 0 Å². The Bertz CT molecular complexity index is 409. The summed E-state index contributed by atoms with van der Waals surface area (Å²) in [6.07, 6.45) is 2.91. The highest BCUT2D eigenvalue weighted by Crippen LogP contribution is 2.32. The van der Waals surface area contributed by atoms with Gasteiger partial charge in [0.1, 0.15) is 0 Å². The number of rotatable bonds is 3. The van der Waals surface area contributed by atoms with E-state index in [2.05, 4.69) is 54.8 Å². The molecule has 2 heteroatoms. The number of benzene rings is 1. The maximum atomic E-state index is 2.72. The number of hydrogen-bond donors (Lipinski definition) is 0. The van der Waals surface area contributed by atoms with Gasteiger partial charge in [-0.1, -0.05) is 17.7 Å². The molecule has 0 bridgehead atoms. The molecule has 19 heavy (non-hydrogen) atoms. The van der Waals surface area contributed by atoms with Crippen molar-refractivity contribution in [2.75, 3.05) is 24.5 Å². The summed E-state index contributed by atoms with van der Waals surface area (Å²) in [5.41, 5.74) is 2.73. The van der Waals surface area contributed by atoms with Gasteiger partial charge >= 0.3 is 0 Å². The van der Waals surface area contributed by atoms with Crippen molar-refractivity contribution in [3.05, 3.63) is 29.8 Å². The molecule has 1 aliphatic carbocycles. The van der Waals surface area contributed by atoms with Gasteiger partial charge in [-0.05, 0) is 51.7 Å². The molecule has 2 fully saturated rings. The van der Waals surface area contributed by atoms with Crippen LogP contribution in [-0.2, 0) is 0 Å². The van der Waals surface area contributed by atoms with Crippen LogP contribution in [0.2, 0.25) is 0 Å². The minimum absolute atomic E-state index is 0.672. The Hall–Kier alpha value is -1.02. The van der Waals surface area contributed by atoms with E-state index in [-0.39, 0.29) is 0 Å². The van der Waals surface area contributed by atoms with Crippen molar-refractivity contribution < 1.29 is 0 Å². The topological polar surface area (TPSA) is 6.48 Å². The van der Waals surface area contributed by atoms with E-state index in [0.717, 1.165) is 5.92 Å². The highest BCUT2D eigenvalue weighted by Gasteiger charge is 2.33. The van der Waals surface area contributed by atoms with Crippen molar-refractivity contribution in [3.63, 3.8) is 0 Å². The Kier molecular flexibility index (Phi) is 3.53. The molecule has 1 saturated heterocycles. The van der Waals surface area contributed by atoms with Crippen LogP contribution >= 0.6 is 0 Å². The third-order valence-electron chi connectivity index (χ3n) is 4.67. The van der Waals surface area contributed by atoms with Crippen molar-refractivity contribution in [3.8, 4) is 0 Å². The molecule has 1 aliphatic heterocycles. The molecule has 2 atom stereocenters. The maximum absolute atomic E-state index is 2.72. The van der Waals surface area contributed by atoms with Crippen LogP contribution in [0.15, 0.2) is 24.3 Å². The average Bonchev–Trinajstić information content (AvgIpc) is 3.18. The molecule has 0 amide bonds. The zero-order chi connectivity index (χ0) is 13.4. The van der Waals surface area contributed by atoms with Gasteiger partial charge < -0.3 is 4.90 Å². The molecule has 2 aliphatic rings. The second-order valence-electron chi connectivity index (χ2n) is 6.58. The van der Waals surface area contributed by atoms with Gasteiger partial charge in [0.15, 0.2) is 0 Å². The Morgan fingerprint density at radius 3 is 2.11 bits per heavy atom. The summed E-state index contributed by atoms with van der Waals surface area (Å²) in [5, 5.41) is 0. The summed E-state index contributed by atoms with van der Waals surface area (Å²) in [7, 11) is 0. The molecular weight excluding hydrogens is 232 g/mol. The first-order valence-corrected chi connectivity index (χ1v) is 7.71. The maximum Gasteiger partial charge on any atom is 0.0367 e. The molecule has 0 radical (unpaired) electrons. The average molecular weight is 258 g/mol. The molecule has 1 aromatic carbocycles. The lowest BCUT2D eigenvalue weighted by atomic mass is 10.1. The van der Waals surface area contributed by atoms with Gasteiger partial charge in [0.05, 0.1) is 0 Å². The van der Waals surface area contributed by atoms with Gasteiger partial charge in [-0.2, -0.15) is 0 Å². The fraction of sp³-hybridized carbons (Fsp3) is 0.647. The van der Waals surface area contributed by atoms with Crippen LogP contribution in [0.1, 0.15) is 32.3 Å². The predicted octanol–water partition coefficient (Wildman–Crippen LogP) is 3.30. The molecule has 2 unspecified atom stereocenters. The molecular formula is C17H26N2. The lowest BCUT2D eigenvalue weighted by molar-refractivity contribution is 0.125. The highest BCUT2D eigenvalue weighted by atomic mass is 15.3. The van der Waals surface area contributed by atoms with Gasteiger partial charge in [0.2, 0.25) is 0 Å². The minimum Gasteiger partial charge on any atom is -0.368 e. The lowest BCUT2D eigenvalue weighted by Gasteiger charge is -2.45. The number of nitrogens with zero attached hydrogens (tertiary/aromatic N) is 2. The normalized spacial score (nSPS) is 28.7. The van der Waals surface area contributed by atoms with E-state index in [4.69, 9.17) is 0 Å². The summed E-state index contributed by atoms with van der Waals surface area (Å²) >= 11 is 0. The molecule has 1 heterocycles. The number of aryl methyl sites for hydroxylation is 1. The van der Waals surface area contributed by atoms with E-state index in [0.29, 0.717) is 12.1 Å². The predicted molar refractivity (Wildman–Crippen MR) is 81.7 cm³/mol. The lowest BCUT2D eigenvalue weighted by Crippen LogP contribution is -2.57. The first kappa shape index (κ1) is 13.0. The standard InChI is InChI=1S/C17H26N2/c1-13-4-8-17(9-5-13)18-10-14(2)19(15(3)11-18)12-16-6-7-16/h4-5,8-9,14-16H,6-7,10-12H2,1-3H3. The van der Waals surface area contributed by atoms with Gasteiger partial charge in [0, 0.05) is 37.4 Å². The molecule has 3 rings (SSSR count). The van der Waals surface area contributed by atoms with Crippen molar-refractivity contribution >= 4 is 5.69 Å². The van der Waals surface area contributed by atoms with Crippen LogP contribution in [0, 0.1) is 12.8 Å². The molecule has 104 valence electrons. The van der Waals surface area contributed by atoms with Crippen LogP contribution < -0.4 is 4.90 Å². The third-order valence-corrected chi connectivity index (χ3v) is 4.67. The van der Waals surface area contributed by atoms with Crippen LogP contribution in [0.4, 0.5) is 5.69 Å². The fourth-order valence-corrected chi connectivity index (χ4v) is 3.28. The fourth-order valence-electron chi connectivity index (χ4n) is 3.28. The van der Waals surface area contributed by atoms with E-state index in [1.54, 1.807) is 0 Å². The minimum atomic E-state index is 0.672. The van der Waals surface area contributed by atoms with E-state index in [1.807, 2.05) is 0 Å². The third kappa shape index (κ3) is 2.94.